The Morgan fingerprint density at radius 1 is 1.77 bits per heavy atom. The van der Waals surface area contributed by atoms with Gasteiger partial charge in [-0.25, -0.2) is 4.79 Å². The Kier molecular flexibility index (Phi) is 2.95. The molecular formula is C9H13NO3. The van der Waals surface area contributed by atoms with Gasteiger partial charge in [0.25, 0.3) is 0 Å². The standard InChI is InChI=1S/C9H13NO3/c1-3-6(2)13-9(12)8-4-7(11)5-10-8/h4-6,10-11H,3H2,1-2H3. The van der Waals surface area contributed by atoms with Crippen LogP contribution < -0.4 is 0 Å². The summed E-state index contributed by atoms with van der Waals surface area (Å²) in [5.41, 5.74) is 0.276. The van der Waals surface area contributed by atoms with E-state index in [0.717, 1.165) is 6.42 Å². The number of rotatable bonds is 3. The molecule has 0 aliphatic carbocycles. The van der Waals surface area contributed by atoms with E-state index >= 15 is 0 Å². The number of carbonyl (C=O) groups is 1. The maximum atomic E-state index is 11.3. The monoisotopic (exact) mass is 183 g/mol. The lowest BCUT2D eigenvalue weighted by Crippen LogP contribution is -2.14. The molecular weight excluding hydrogens is 170 g/mol. The second kappa shape index (κ2) is 3.98. The van der Waals surface area contributed by atoms with E-state index in [1.807, 2.05) is 13.8 Å². The fraction of sp³-hybridized carbons (Fsp3) is 0.444. The molecule has 0 amide bonds. The van der Waals surface area contributed by atoms with Crippen LogP contribution in [-0.4, -0.2) is 22.2 Å². The van der Waals surface area contributed by atoms with Crippen LogP contribution in [0.3, 0.4) is 0 Å². The predicted molar refractivity (Wildman–Crippen MR) is 47.6 cm³/mol. The predicted octanol–water partition coefficient (Wildman–Crippen LogP) is 1.68. The van der Waals surface area contributed by atoms with Gasteiger partial charge in [0, 0.05) is 12.3 Å². The van der Waals surface area contributed by atoms with Gasteiger partial charge in [0.1, 0.15) is 11.4 Å². The van der Waals surface area contributed by atoms with Gasteiger partial charge in [-0.3, -0.25) is 0 Å². The van der Waals surface area contributed by atoms with E-state index in [-0.39, 0.29) is 17.5 Å². The van der Waals surface area contributed by atoms with Crippen molar-refractivity contribution < 1.29 is 14.6 Å². The summed E-state index contributed by atoms with van der Waals surface area (Å²) in [4.78, 5) is 13.9. The highest BCUT2D eigenvalue weighted by Gasteiger charge is 2.12. The Morgan fingerprint density at radius 3 is 2.92 bits per heavy atom. The van der Waals surface area contributed by atoms with Gasteiger partial charge in [-0.15, -0.1) is 0 Å². The highest BCUT2D eigenvalue weighted by Crippen LogP contribution is 2.11. The minimum atomic E-state index is -0.436. The zero-order chi connectivity index (χ0) is 9.84. The van der Waals surface area contributed by atoms with Crippen LogP contribution in [0.5, 0.6) is 5.75 Å². The largest absolute Gasteiger partial charge is 0.506 e. The number of ether oxygens (including phenoxy) is 1. The summed E-state index contributed by atoms with van der Waals surface area (Å²) >= 11 is 0. The van der Waals surface area contributed by atoms with Gasteiger partial charge in [-0.2, -0.15) is 0 Å². The van der Waals surface area contributed by atoms with E-state index in [2.05, 4.69) is 4.98 Å². The zero-order valence-corrected chi connectivity index (χ0v) is 7.70. The zero-order valence-electron chi connectivity index (χ0n) is 7.70. The summed E-state index contributed by atoms with van der Waals surface area (Å²) in [5.74, 6) is -0.397. The normalized spacial score (nSPS) is 12.5. The third-order valence-electron chi connectivity index (χ3n) is 1.77. The van der Waals surface area contributed by atoms with Gasteiger partial charge in [0.15, 0.2) is 0 Å². The fourth-order valence-electron chi connectivity index (χ4n) is 0.830. The molecule has 1 rings (SSSR count). The first-order chi connectivity index (χ1) is 6.13. The molecule has 0 spiro atoms. The van der Waals surface area contributed by atoms with E-state index in [9.17, 15) is 4.79 Å². The molecule has 1 unspecified atom stereocenters. The molecule has 72 valence electrons. The molecule has 13 heavy (non-hydrogen) atoms. The summed E-state index contributed by atoms with van der Waals surface area (Å²) in [6, 6.07) is 1.34. The second-order valence-electron chi connectivity index (χ2n) is 2.90. The molecule has 0 saturated carbocycles. The van der Waals surface area contributed by atoms with Gasteiger partial charge in [-0.1, -0.05) is 6.92 Å². The number of hydrogen-bond donors (Lipinski definition) is 2. The second-order valence-corrected chi connectivity index (χ2v) is 2.90. The lowest BCUT2D eigenvalue weighted by molar-refractivity contribution is 0.0328. The number of aromatic amines is 1. The van der Waals surface area contributed by atoms with E-state index in [0.29, 0.717) is 0 Å². The Morgan fingerprint density at radius 2 is 2.46 bits per heavy atom. The van der Waals surface area contributed by atoms with Crippen LogP contribution >= 0.6 is 0 Å². The highest BCUT2D eigenvalue weighted by atomic mass is 16.5. The summed E-state index contributed by atoms with van der Waals surface area (Å²) < 4.78 is 5.02. The van der Waals surface area contributed by atoms with Gasteiger partial charge in [-0.05, 0) is 13.3 Å². The molecule has 4 nitrogen and oxygen atoms in total. The maximum absolute atomic E-state index is 11.3. The Hall–Kier alpha value is -1.45. The van der Waals surface area contributed by atoms with Crippen molar-refractivity contribution in [2.45, 2.75) is 26.4 Å². The molecule has 1 atom stereocenters. The minimum Gasteiger partial charge on any atom is -0.506 e. The van der Waals surface area contributed by atoms with Crippen molar-refractivity contribution in [2.24, 2.45) is 0 Å². The van der Waals surface area contributed by atoms with Crippen molar-refractivity contribution >= 4 is 5.97 Å². The number of hydrogen-bond acceptors (Lipinski definition) is 3. The summed E-state index contributed by atoms with van der Waals surface area (Å²) in [7, 11) is 0. The highest BCUT2D eigenvalue weighted by molar-refractivity contribution is 5.88. The third-order valence-corrected chi connectivity index (χ3v) is 1.77. The molecule has 0 fully saturated rings. The van der Waals surface area contributed by atoms with Crippen LogP contribution in [-0.2, 0) is 4.74 Å². The molecule has 0 bridgehead atoms. The number of aromatic nitrogens is 1. The molecule has 0 aliphatic rings. The quantitative estimate of drug-likeness (QED) is 0.701. The van der Waals surface area contributed by atoms with Gasteiger partial charge in [0.2, 0.25) is 0 Å². The number of aromatic hydroxyl groups is 1. The molecule has 0 aromatic carbocycles. The van der Waals surface area contributed by atoms with Crippen molar-refractivity contribution in [1.29, 1.82) is 0 Å². The number of esters is 1. The lowest BCUT2D eigenvalue weighted by Gasteiger charge is -2.08. The molecule has 0 aliphatic heterocycles. The van der Waals surface area contributed by atoms with Crippen LogP contribution in [0.25, 0.3) is 0 Å². The number of carbonyl (C=O) groups excluding carboxylic acids is 1. The number of H-pyrrole nitrogens is 1. The number of nitrogens with one attached hydrogen (secondary N) is 1. The first kappa shape index (κ1) is 9.64. The van der Waals surface area contributed by atoms with Crippen molar-refractivity contribution in [2.75, 3.05) is 0 Å². The molecule has 1 aromatic rings. The van der Waals surface area contributed by atoms with Crippen LogP contribution in [0, 0.1) is 0 Å². The molecule has 4 heteroatoms. The average molecular weight is 183 g/mol. The van der Waals surface area contributed by atoms with Crippen LogP contribution in [0.4, 0.5) is 0 Å². The van der Waals surface area contributed by atoms with E-state index in [1.165, 1.54) is 12.3 Å². The molecule has 0 radical (unpaired) electrons. The van der Waals surface area contributed by atoms with Crippen molar-refractivity contribution in [3.05, 3.63) is 18.0 Å². The lowest BCUT2D eigenvalue weighted by atomic mass is 10.3. The van der Waals surface area contributed by atoms with E-state index < -0.39 is 5.97 Å². The van der Waals surface area contributed by atoms with Crippen molar-refractivity contribution in [1.82, 2.24) is 4.98 Å². The van der Waals surface area contributed by atoms with Crippen molar-refractivity contribution in [3.63, 3.8) is 0 Å². The molecule has 1 heterocycles. The summed E-state index contributed by atoms with van der Waals surface area (Å²) in [6.45, 7) is 3.75. The van der Waals surface area contributed by atoms with Crippen LogP contribution in [0.15, 0.2) is 12.3 Å². The Labute approximate surface area is 76.5 Å². The van der Waals surface area contributed by atoms with Crippen LogP contribution in [0.1, 0.15) is 30.8 Å². The first-order valence-electron chi connectivity index (χ1n) is 4.21. The van der Waals surface area contributed by atoms with Crippen LogP contribution in [0.2, 0.25) is 0 Å². The fourth-order valence-corrected chi connectivity index (χ4v) is 0.830. The van der Waals surface area contributed by atoms with E-state index in [1.54, 1.807) is 0 Å². The smallest absolute Gasteiger partial charge is 0.355 e. The first-order valence-corrected chi connectivity index (χ1v) is 4.21. The van der Waals surface area contributed by atoms with Gasteiger partial charge >= 0.3 is 5.97 Å². The SMILES string of the molecule is CCC(C)OC(=O)c1cc(O)c[nH]1. The average Bonchev–Trinajstić information content (AvgIpc) is 2.51. The van der Waals surface area contributed by atoms with Gasteiger partial charge in [0.05, 0.1) is 6.10 Å². The Balaban J connectivity index is 2.58. The Bertz CT molecular complexity index is 293. The van der Waals surface area contributed by atoms with E-state index in [4.69, 9.17) is 9.84 Å². The summed E-state index contributed by atoms with van der Waals surface area (Å²) in [6.07, 6.45) is 2.02. The molecule has 0 saturated heterocycles. The minimum absolute atomic E-state index is 0.0381. The van der Waals surface area contributed by atoms with Gasteiger partial charge < -0.3 is 14.8 Å². The van der Waals surface area contributed by atoms with Crippen molar-refractivity contribution in [3.8, 4) is 5.75 Å². The molecule has 2 N–H and O–H groups in total. The molecule has 1 aromatic heterocycles. The maximum Gasteiger partial charge on any atom is 0.355 e. The summed E-state index contributed by atoms with van der Waals surface area (Å²) in [5, 5.41) is 8.95. The third kappa shape index (κ3) is 2.50. The topological polar surface area (TPSA) is 62.3 Å².